The number of pyridine rings is 1. The Kier molecular flexibility index (Phi) is 4.36. The first-order valence-electron chi connectivity index (χ1n) is 9.00. The Bertz CT molecular complexity index is 849. The second kappa shape index (κ2) is 6.82. The van der Waals surface area contributed by atoms with Gasteiger partial charge in [0.1, 0.15) is 0 Å². The van der Waals surface area contributed by atoms with Crippen LogP contribution in [0.2, 0.25) is 0 Å². The molecule has 1 aliphatic heterocycles. The van der Waals surface area contributed by atoms with E-state index in [9.17, 15) is 4.79 Å². The Balaban J connectivity index is 1.53. The molecule has 7 nitrogen and oxygen atoms in total. The number of carbonyl (C=O) groups excluding carboxylic acids is 1. The van der Waals surface area contributed by atoms with E-state index in [4.69, 9.17) is 4.74 Å². The number of carbonyl (C=O) groups is 1. The molecule has 0 bridgehead atoms. The van der Waals surface area contributed by atoms with Crippen LogP contribution in [0.5, 0.6) is 0 Å². The van der Waals surface area contributed by atoms with E-state index in [0.717, 1.165) is 30.8 Å². The molecule has 1 aliphatic carbocycles. The second-order valence-electron chi connectivity index (χ2n) is 6.61. The largest absolute Gasteiger partial charge is 0.450 e. The molecule has 1 fully saturated rings. The number of hydrogen-bond donors (Lipinski definition) is 0. The number of piperazine rings is 1. The summed E-state index contributed by atoms with van der Waals surface area (Å²) < 4.78 is 6.92. The lowest BCUT2D eigenvalue weighted by Crippen LogP contribution is -2.49. The normalized spacial score (nSPS) is 16.5. The van der Waals surface area contributed by atoms with Crippen molar-refractivity contribution in [2.75, 3.05) is 37.7 Å². The second-order valence-corrected chi connectivity index (χ2v) is 6.61. The van der Waals surface area contributed by atoms with Crippen LogP contribution in [0.25, 0.3) is 11.6 Å². The first-order chi connectivity index (χ1) is 12.7. The standard InChI is InChI=1S/C19H23N5O2/c1-3-26-19(25)24-8-6-23(7-9-24)18-4-5-20-17-11-14(10-16(17)18)15-12-21-22(2)13-15/h4-5,10,12-13H,3,6-9,11H2,1-2H3. The van der Waals surface area contributed by atoms with E-state index in [1.54, 1.807) is 4.90 Å². The van der Waals surface area contributed by atoms with Gasteiger partial charge < -0.3 is 14.5 Å². The Hall–Kier alpha value is -2.83. The first kappa shape index (κ1) is 16.6. The molecular weight excluding hydrogens is 330 g/mol. The van der Waals surface area contributed by atoms with E-state index in [0.29, 0.717) is 19.7 Å². The van der Waals surface area contributed by atoms with Gasteiger partial charge >= 0.3 is 6.09 Å². The fraction of sp³-hybridized carbons (Fsp3) is 0.421. The van der Waals surface area contributed by atoms with Crippen molar-refractivity contribution in [3.05, 3.63) is 41.5 Å². The third-order valence-electron chi connectivity index (χ3n) is 4.95. The molecule has 0 saturated carbocycles. The van der Waals surface area contributed by atoms with Gasteiger partial charge in [0.25, 0.3) is 0 Å². The molecule has 3 heterocycles. The molecule has 4 rings (SSSR count). The monoisotopic (exact) mass is 353 g/mol. The topological polar surface area (TPSA) is 63.5 Å². The number of fused-ring (bicyclic) bond motifs is 1. The van der Waals surface area contributed by atoms with Crippen molar-refractivity contribution in [3.8, 4) is 0 Å². The van der Waals surface area contributed by atoms with Crippen LogP contribution in [0.15, 0.2) is 24.7 Å². The average molecular weight is 353 g/mol. The van der Waals surface area contributed by atoms with Gasteiger partial charge in [-0.15, -0.1) is 0 Å². The van der Waals surface area contributed by atoms with E-state index in [2.05, 4.69) is 27.1 Å². The number of aromatic nitrogens is 3. The smallest absolute Gasteiger partial charge is 0.409 e. The van der Waals surface area contributed by atoms with Gasteiger partial charge in [0, 0.05) is 68.9 Å². The molecule has 0 spiro atoms. The van der Waals surface area contributed by atoms with Crippen molar-refractivity contribution in [3.63, 3.8) is 0 Å². The number of ether oxygens (including phenoxy) is 1. The Morgan fingerprint density at radius 2 is 2.08 bits per heavy atom. The Morgan fingerprint density at radius 1 is 1.27 bits per heavy atom. The lowest BCUT2D eigenvalue weighted by Gasteiger charge is -2.36. The van der Waals surface area contributed by atoms with Crippen molar-refractivity contribution in [1.29, 1.82) is 0 Å². The van der Waals surface area contributed by atoms with E-state index in [1.165, 1.54) is 16.8 Å². The molecule has 7 heteroatoms. The van der Waals surface area contributed by atoms with Crippen LogP contribution in [-0.2, 0) is 18.2 Å². The van der Waals surface area contributed by atoms with Crippen molar-refractivity contribution >= 4 is 23.4 Å². The van der Waals surface area contributed by atoms with Crippen molar-refractivity contribution in [1.82, 2.24) is 19.7 Å². The predicted octanol–water partition coefficient (Wildman–Crippen LogP) is 2.19. The van der Waals surface area contributed by atoms with Crippen molar-refractivity contribution in [2.24, 2.45) is 7.05 Å². The summed E-state index contributed by atoms with van der Waals surface area (Å²) in [5.74, 6) is 0. The SMILES string of the molecule is CCOC(=O)N1CCN(c2ccnc3c2C=C(c2cnn(C)c2)C3)CC1. The zero-order chi connectivity index (χ0) is 18.1. The molecule has 0 atom stereocenters. The van der Waals surface area contributed by atoms with Gasteiger partial charge in [-0.25, -0.2) is 4.79 Å². The number of allylic oxidation sites excluding steroid dienone is 1. The summed E-state index contributed by atoms with van der Waals surface area (Å²) in [5.41, 5.74) is 5.88. The highest BCUT2D eigenvalue weighted by atomic mass is 16.6. The number of amides is 1. The fourth-order valence-corrected chi connectivity index (χ4v) is 3.60. The highest BCUT2D eigenvalue weighted by Crippen LogP contribution is 2.36. The quantitative estimate of drug-likeness (QED) is 0.846. The molecule has 136 valence electrons. The zero-order valence-electron chi connectivity index (χ0n) is 15.2. The van der Waals surface area contributed by atoms with Gasteiger partial charge in [-0.3, -0.25) is 9.67 Å². The number of rotatable bonds is 3. The van der Waals surface area contributed by atoms with Gasteiger partial charge in [0.05, 0.1) is 18.5 Å². The van der Waals surface area contributed by atoms with Crippen LogP contribution in [0, 0.1) is 0 Å². The number of anilines is 1. The third kappa shape index (κ3) is 3.05. The maximum absolute atomic E-state index is 11.9. The van der Waals surface area contributed by atoms with Gasteiger partial charge in [0.15, 0.2) is 0 Å². The highest BCUT2D eigenvalue weighted by Gasteiger charge is 2.26. The molecule has 2 aromatic heterocycles. The summed E-state index contributed by atoms with van der Waals surface area (Å²) in [6.45, 7) is 5.19. The van der Waals surface area contributed by atoms with E-state index in [1.807, 2.05) is 37.2 Å². The van der Waals surface area contributed by atoms with E-state index in [-0.39, 0.29) is 6.09 Å². The molecule has 26 heavy (non-hydrogen) atoms. The molecule has 0 unspecified atom stereocenters. The Morgan fingerprint density at radius 3 is 2.77 bits per heavy atom. The fourth-order valence-electron chi connectivity index (χ4n) is 3.60. The maximum Gasteiger partial charge on any atom is 0.409 e. The van der Waals surface area contributed by atoms with Crippen molar-refractivity contribution in [2.45, 2.75) is 13.3 Å². The van der Waals surface area contributed by atoms with Gasteiger partial charge in [0.2, 0.25) is 0 Å². The van der Waals surface area contributed by atoms with Crippen LogP contribution < -0.4 is 4.90 Å². The number of aryl methyl sites for hydroxylation is 1. The van der Waals surface area contributed by atoms with Gasteiger partial charge in [-0.1, -0.05) is 0 Å². The molecule has 1 saturated heterocycles. The van der Waals surface area contributed by atoms with Crippen LogP contribution in [0.4, 0.5) is 10.5 Å². The molecule has 1 amide bonds. The highest BCUT2D eigenvalue weighted by molar-refractivity contribution is 5.91. The number of hydrogen-bond acceptors (Lipinski definition) is 5. The summed E-state index contributed by atoms with van der Waals surface area (Å²) in [5, 5.41) is 4.27. The molecular formula is C19H23N5O2. The first-order valence-corrected chi connectivity index (χ1v) is 9.00. The van der Waals surface area contributed by atoms with Crippen LogP contribution in [0.1, 0.15) is 23.7 Å². The van der Waals surface area contributed by atoms with E-state index >= 15 is 0 Å². The molecule has 0 N–H and O–H groups in total. The molecule has 2 aromatic rings. The minimum Gasteiger partial charge on any atom is -0.450 e. The lowest BCUT2D eigenvalue weighted by molar-refractivity contribution is 0.105. The summed E-state index contributed by atoms with van der Waals surface area (Å²) in [7, 11) is 1.93. The molecule has 0 aromatic carbocycles. The zero-order valence-corrected chi connectivity index (χ0v) is 15.2. The summed E-state index contributed by atoms with van der Waals surface area (Å²) in [6.07, 6.45) is 8.66. The third-order valence-corrected chi connectivity index (χ3v) is 4.95. The maximum atomic E-state index is 11.9. The molecule has 2 aliphatic rings. The van der Waals surface area contributed by atoms with Crippen LogP contribution in [0.3, 0.4) is 0 Å². The van der Waals surface area contributed by atoms with E-state index < -0.39 is 0 Å². The molecule has 0 radical (unpaired) electrons. The summed E-state index contributed by atoms with van der Waals surface area (Å²) in [6, 6.07) is 2.07. The minimum absolute atomic E-state index is 0.217. The average Bonchev–Trinajstić information content (AvgIpc) is 3.27. The van der Waals surface area contributed by atoms with Gasteiger partial charge in [-0.2, -0.15) is 5.10 Å². The number of nitrogens with zero attached hydrogens (tertiary/aromatic N) is 5. The van der Waals surface area contributed by atoms with Gasteiger partial charge in [-0.05, 0) is 24.6 Å². The summed E-state index contributed by atoms with van der Waals surface area (Å²) >= 11 is 0. The summed E-state index contributed by atoms with van der Waals surface area (Å²) in [4.78, 5) is 20.6. The minimum atomic E-state index is -0.217. The Labute approximate surface area is 152 Å². The van der Waals surface area contributed by atoms with Crippen LogP contribution >= 0.6 is 0 Å². The lowest BCUT2D eigenvalue weighted by atomic mass is 10.1. The van der Waals surface area contributed by atoms with Crippen LogP contribution in [-0.4, -0.2) is 58.5 Å². The predicted molar refractivity (Wildman–Crippen MR) is 99.8 cm³/mol. The van der Waals surface area contributed by atoms with Crippen molar-refractivity contribution < 1.29 is 9.53 Å².